The van der Waals surface area contributed by atoms with Gasteiger partial charge in [-0.15, -0.1) is 6.42 Å². The Morgan fingerprint density at radius 2 is 1.93 bits per heavy atom. The van der Waals surface area contributed by atoms with Crippen LogP contribution in [-0.4, -0.2) is 87.3 Å². The third-order valence-corrected chi connectivity index (χ3v) is 11.8. The van der Waals surface area contributed by atoms with E-state index >= 15 is 4.39 Å². The molecule has 3 unspecified atom stereocenters. The second kappa shape index (κ2) is 11.3. The number of halogens is 1. The Balaban J connectivity index is 1.30. The smallest absolute Gasteiger partial charge is 0.319 e. The monoisotopic (exact) mass is 642 g/mol. The SMILES string of the molecule is C#Cc1c(F)ccc2cc(O)cc(C3=Cc4nc(OCC5(CN(C)C)CC5)nc(N5CC6CCC(C5)N6)c4[S+]([O-])N3C3CCC3)c12. The van der Waals surface area contributed by atoms with E-state index in [1.54, 1.807) is 18.2 Å². The predicted octanol–water partition coefficient (Wildman–Crippen LogP) is 4.51. The zero-order chi connectivity index (χ0) is 31.7. The van der Waals surface area contributed by atoms with E-state index in [0.717, 1.165) is 64.6 Å². The Hall–Kier alpha value is -3.56. The number of piperazine rings is 1. The van der Waals surface area contributed by atoms with Crippen LogP contribution < -0.4 is 15.0 Å². The van der Waals surface area contributed by atoms with Gasteiger partial charge in [-0.25, -0.2) is 4.39 Å². The Labute approximate surface area is 272 Å². The van der Waals surface area contributed by atoms with Gasteiger partial charge >= 0.3 is 6.01 Å². The highest BCUT2D eigenvalue weighted by Gasteiger charge is 2.47. The Bertz CT molecular complexity index is 1770. The van der Waals surface area contributed by atoms with Crippen molar-refractivity contribution in [2.45, 2.75) is 68.0 Å². The summed E-state index contributed by atoms with van der Waals surface area (Å²) in [6.07, 6.45) is 14.9. The standard InChI is InChI=1S/C35H39FN6O3S/c1-4-26-28(36)11-8-21-14-25(43)15-27(31(21)26)30-16-29-32(46(44)42(30)24-6-5-7-24)33(41-17-22-9-10-23(18-41)37-22)39-34(38-29)45-20-35(12-13-35)19-40(2)3/h1,8,11,14-16,22-24,37,43H,5-7,9-10,12-13,17-20H2,2-3H3. The van der Waals surface area contributed by atoms with Crippen LogP contribution in [0.15, 0.2) is 29.2 Å². The highest BCUT2D eigenvalue weighted by atomic mass is 32.2. The van der Waals surface area contributed by atoms with Crippen LogP contribution in [0.2, 0.25) is 0 Å². The average Bonchev–Trinajstić information content (AvgIpc) is 3.68. The van der Waals surface area contributed by atoms with E-state index in [-0.39, 0.29) is 28.8 Å². The van der Waals surface area contributed by atoms with Gasteiger partial charge in [0, 0.05) is 48.1 Å². The summed E-state index contributed by atoms with van der Waals surface area (Å²) in [5.74, 6) is 2.68. The first-order chi connectivity index (χ1) is 22.2. The van der Waals surface area contributed by atoms with Crippen molar-refractivity contribution in [3.8, 4) is 24.1 Å². The highest BCUT2D eigenvalue weighted by Crippen LogP contribution is 2.49. The van der Waals surface area contributed by atoms with Gasteiger partial charge in [0.15, 0.2) is 5.82 Å². The lowest BCUT2D eigenvalue weighted by molar-refractivity contribution is 0.182. The molecule has 2 saturated heterocycles. The molecule has 2 saturated carbocycles. The molecular formula is C35H39FN6O3S. The van der Waals surface area contributed by atoms with Crippen LogP contribution in [-0.2, 0) is 11.4 Å². The molecule has 4 heterocycles. The fraction of sp³-hybridized carbons (Fsp3) is 0.486. The molecule has 0 spiro atoms. The molecule has 46 heavy (non-hydrogen) atoms. The predicted molar refractivity (Wildman–Crippen MR) is 177 cm³/mol. The fourth-order valence-electron chi connectivity index (χ4n) is 7.66. The Morgan fingerprint density at radius 3 is 2.59 bits per heavy atom. The minimum Gasteiger partial charge on any atom is -0.588 e. The number of anilines is 1. The number of phenolic OH excluding ortho intramolecular Hbond substituents is 1. The Morgan fingerprint density at radius 1 is 1.17 bits per heavy atom. The minimum absolute atomic E-state index is 0.00390. The molecule has 2 aliphatic carbocycles. The molecular weight excluding hydrogens is 603 g/mol. The molecule has 3 atom stereocenters. The minimum atomic E-state index is -1.68. The van der Waals surface area contributed by atoms with Gasteiger partial charge < -0.3 is 29.5 Å². The number of nitrogens with one attached hydrogen (secondary N) is 1. The molecule has 0 radical (unpaired) electrons. The molecule has 3 aliphatic heterocycles. The summed E-state index contributed by atoms with van der Waals surface area (Å²) >= 11 is -1.68. The first kappa shape index (κ1) is 29.8. The van der Waals surface area contributed by atoms with Crippen LogP contribution in [0, 0.1) is 23.6 Å². The maximum atomic E-state index is 15.1. The lowest BCUT2D eigenvalue weighted by atomic mass is 9.90. The van der Waals surface area contributed by atoms with E-state index in [9.17, 15) is 9.66 Å². The van der Waals surface area contributed by atoms with Crippen LogP contribution in [0.25, 0.3) is 22.5 Å². The second-order valence-electron chi connectivity index (χ2n) is 14.0. The number of aromatic hydroxyl groups is 1. The van der Waals surface area contributed by atoms with E-state index in [0.29, 0.717) is 57.1 Å². The van der Waals surface area contributed by atoms with Crippen molar-refractivity contribution in [3.63, 3.8) is 0 Å². The van der Waals surface area contributed by atoms with Gasteiger partial charge in [0.05, 0.1) is 23.9 Å². The molecule has 4 fully saturated rings. The van der Waals surface area contributed by atoms with Crippen molar-refractivity contribution in [1.82, 2.24) is 24.5 Å². The summed E-state index contributed by atoms with van der Waals surface area (Å²) in [5, 5.41) is 15.6. The number of hydrogen-bond acceptors (Lipinski definition) is 9. The third-order valence-electron chi connectivity index (χ3n) is 10.2. The number of nitrogens with zero attached hydrogens (tertiary/aromatic N) is 5. The zero-order valence-corrected chi connectivity index (χ0v) is 27.1. The molecule has 0 amide bonds. The summed E-state index contributed by atoms with van der Waals surface area (Å²) in [6.45, 7) is 2.97. The van der Waals surface area contributed by atoms with Crippen molar-refractivity contribution in [1.29, 1.82) is 0 Å². The van der Waals surface area contributed by atoms with Crippen molar-refractivity contribution >= 4 is 39.7 Å². The van der Waals surface area contributed by atoms with Gasteiger partial charge in [0.1, 0.15) is 28.6 Å². The third kappa shape index (κ3) is 5.16. The number of aromatic nitrogens is 2. The molecule has 1 aromatic heterocycles. The largest absolute Gasteiger partial charge is 0.588 e. The number of terminal acetylenes is 1. The van der Waals surface area contributed by atoms with E-state index in [1.165, 1.54) is 6.07 Å². The second-order valence-corrected chi connectivity index (χ2v) is 15.3. The molecule has 2 aromatic carbocycles. The molecule has 8 rings (SSSR count). The lowest BCUT2D eigenvalue weighted by Crippen LogP contribution is -2.52. The van der Waals surface area contributed by atoms with E-state index in [1.807, 2.05) is 10.4 Å². The van der Waals surface area contributed by atoms with Crippen molar-refractivity contribution < 1.29 is 18.8 Å². The topological polar surface area (TPSA) is 100 Å². The molecule has 240 valence electrons. The van der Waals surface area contributed by atoms with Gasteiger partial charge in [0.25, 0.3) is 0 Å². The summed E-state index contributed by atoms with van der Waals surface area (Å²) in [7, 11) is 4.15. The van der Waals surface area contributed by atoms with E-state index in [2.05, 4.69) is 35.1 Å². The zero-order valence-electron chi connectivity index (χ0n) is 26.3. The maximum absolute atomic E-state index is 15.1. The summed E-state index contributed by atoms with van der Waals surface area (Å²) in [6, 6.07) is 7.08. The van der Waals surface area contributed by atoms with Crippen LogP contribution >= 0.6 is 0 Å². The first-order valence-electron chi connectivity index (χ1n) is 16.3. The number of ether oxygens (including phenoxy) is 1. The van der Waals surface area contributed by atoms with Crippen LogP contribution in [0.4, 0.5) is 10.2 Å². The first-order valence-corrected chi connectivity index (χ1v) is 17.4. The molecule has 11 heteroatoms. The number of phenols is 1. The summed E-state index contributed by atoms with van der Waals surface area (Å²) in [5.41, 5.74) is 1.83. The van der Waals surface area contributed by atoms with Crippen LogP contribution in [0.3, 0.4) is 0 Å². The van der Waals surface area contributed by atoms with Gasteiger partial charge in [-0.2, -0.15) is 14.3 Å². The average molecular weight is 643 g/mol. The molecule has 5 aliphatic rings. The quantitative estimate of drug-likeness (QED) is 0.272. The molecule has 3 aromatic rings. The summed E-state index contributed by atoms with van der Waals surface area (Å²) < 4.78 is 38.3. The maximum Gasteiger partial charge on any atom is 0.319 e. The number of fused-ring (bicyclic) bond motifs is 4. The number of hydrogen-bond donors (Lipinski definition) is 2. The summed E-state index contributed by atoms with van der Waals surface area (Å²) in [4.78, 5) is 14.9. The van der Waals surface area contributed by atoms with Crippen LogP contribution in [0.1, 0.15) is 61.8 Å². The number of benzene rings is 2. The molecule has 9 nitrogen and oxygen atoms in total. The van der Waals surface area contributed by atoms with Crippen molar-refractivity contribution in [2.75, 3.05) is 45.2 Å². The van der Waals surface area contributed by atoms with Crippen molar-refractivity contribution in [2.24, 2.45) is 5.41 Å². The Kier molecular flexibility index (Phi) is 7.33. The lowest BCUT2D eigenvalue weighted by Gasteiger charge is -2.42. The van der Waals surface area contributed by atoms with Crippen LogP contribution in [0.5, 0.6) is 11.8 Å². The van der Waals surface area contributed by atoms with Gasteiger partial charge in [-0.3, -0.25) is 0 Å². The molecule has 2 bridgehead atoms. The van der Waals surface area contributed by atoms with E-state index in [4.69, 9.17) is 21.1 Å². The van der Waals surface area contributed by atoms with E-state index < -0.39 is 17.2 Å². The fourth-order valence-corrected chi connectivity index (χ4v) is 9.28. The van der Waals surface area contributed by atoms with Gasteiger partial charge in [0.2, 0.25) is 4.90 Å². The van der Waals surface area contributed by atoms with Gasteiger partial charge in [-0.05, 0) is 88.7 Å². The molecule has 2 N–H and O–H groups in total. The number of rotatable bonds is 8. The van der Waals surface area contributed by atoms with Crippen molar-refractivity contribution in [3.05, 3.63) is 46.9 Å². The van der Waals surface area contributed by atoms with Gasteiger partial charge in [-0.1, -0.05) is 12.0 Å². The normalized spacial score (nSPS) is 24.9. The highest BCUT2D eigenvalue weighted by molar-refractivity contribution is 7.89.